The molecule has 0 saturated carbocycles. The highest BCUT2D eigenvalue weighted by Crippen LogP contribution is 2.19. The van der Waals surface area contributed by atoms with Crippen LogP contribution in [-0.2, 0) is 21.9 Å². The standard InChI is InChI=1S/C25H33ClN2O2S/c1-5-23(25(30)27-14-18(2)3)28(15-21-9-7-6-8-19(21)4)24(29)17-31-16-20-10-12-22(26)13-11-20/h6-13,18,23H,5,14-17H2,1-4H3,(H,27,30). The first-order chi connectivity index (χ1) is 14.8. The number of thioether (sulfide) groups is 1. The molecule has 1 N–H and O–H groups in total. The number of amides is 2. The topological polar surface area (TPSA) is 49.4 Å². The van der Waals surface area contributed by atoms with E-state index in [1.54, 1.807) is 16.7 Å². The Hall–Kier alpha value is -1.98. The van der Waals surface area contributed by atoms with Crippen LogP contribution in [0.2, 0.25) is 5.02 Å². The molecular formula is C25H33ClN2O2S. The van der Waals surface area contributed by atoms with E-state index in [0.717, 1.165) is 22.4 Å². The summed E-state index contributed by atoms with van der Waals surface area (Å²) < 4.78 is 0. The molecule has 168 valence electrons. The number of aryl methyl sites for hydroxylation is 1. The second kappa shape index (κ2) is 12.8. The highest BCUT2D eigenvalue weighted by atomic mass is 35.5. The summed E-state index contributed by atoms with van der Waals surface area (Å²) in [5, 5.41) is 3.71. The Balaban J connectivity index is 2.12. The number of nitrogens with one attached hydrogen (secondary N) is 1. The van der Waals surface area contributed by atoms with E-state index in [-0.39, 0.29) is 11.8 Å². The van der Waals surface area contributed by atoms with Crippen LogP contribution in [0.5, 0.6) is 0 Å². The van der Waals surface area contributed by atoms with Gasteiger partial charge in [-0.25, -0.2) is 0 Å². The first-order valence-electron chi connectivity index (χ1n) is 10.8. The number of rotatable bonds is 11. The van der Waals surface area contributed by atoms with Gasteiger partial charge < -0.3 is 10.2 Å². The Bertz CT molecular complexity index is 855. The first-order valence-corrected chi connectivity index (χ1v) is 12.3. The second-order valence-corrected chi connectivity index (χ2v) is 9.55. The molecule has 0 fully saturated rings. The van der Waals surface area contributed by atoms with Gasteiger partial charge in [0.25, 0.3) is 0 Å². The number of carbonyl (C=O) groups excluding carboxylic acids is 2. The van der Waals surface area contributed by atoms with Crippen LogP contribution in [0.4, 0.5) is 0 Å². The predicted octanol–water partition coefficient (Wildman–Crippen LogP) is 5.46. The van der Waals surface area contributed by atoms with Gasteiger partial charge in [-0.2, -0.15) is 0 Å². The molecule has 1 unspecified atom stereocenters. The Kier molecular flexibility index (Phi) is 10.4. The van der Waals surface area contributed by atoms with Crippen molar-refractivity contribution in [2.24, 2.45) is 5.92 Å². The van der Waals surface area contributed by atoms with E-state index < -0.39 is 6.04 Å². The lowest BCUT2D eigenvalue weighted by Crippen LogP contribution is -2.50. The van der Waals surface area contributed by atoms with Gasteiger partial charge in [0.05, 0.1) is 5.75 Å². The predicted molar refractivity (Wildman–Crippen MR) is 131 cm³/mol. The molecule has 0 bridgehead atoms. The molecule has 2 aromatic carbocycles. The lowest BCUT2D eigenvalue weighted by atomic mass is 10.1. The van der Waals surface area contributed by atoms with Crippen molar-refractivity contribution in [3.05, 3.63) is 70.2 Å². The summed E-state index contributed by atoms with van der Waals surface area (Å²) >= 11 is 7.50. The fraction of sp³-hybridized carbons (Fsp3) is 0.440. The van der Waals surface area contributed by atoms with Gasteiger partial charge in [0, 0.05) is 23.9 Å². The van der Waals surface area contributed by atoms with E-state index in [9.17, 15) is 9.59 Å². The normalized spacial score (nSPS) is 11.9. The zero-order valence-electron chi connectivity index (χ0n) is 18.9. The molecule has 1 atom stereocenters. The first kappa shape index (κ1) is 25.3. The number of carbonyl (C=O) groups is 2. The number of hydrogen-bond donors (Lipinski definition) is 1. The van der Waals surface area contributed by atoms with E-state index in [1.165, 1.54) is 0 Å². The summed E-state index contributed by atoms with van der Waals surface area (Å²) in [7, 11) is 0. The molecule has 0 radical (unpaired) electrons. The minimum atomic E-state index is -0.484. The minimum absolute atomic E-state index is 0.0197. The van der Waals surface area contributed by atoms with Crippen molar-refractivity contribution in [3.8, 4) is 0 Å². The average Bonchev–Trinajstić information content (AvgIpc) is 2.74. The van der Waals surface area contributed by atoms with Crippen molar-refractivity contribution in [2.75, 3.05) is 12.3 Å². The highest BCUT2D eigenvalue weighted by Gasteiger charge is 2.28. The van der Waals surface area contributed by atoms with Gasteiger partial charge in [0.2, 0.25) is 11.8 Å². The summed E-state index contributed by atoms with van der Waals surface area (Å²) in [5.74, 6) is 1.30. The molecule has 0 aliphatic carbocycles. The Labute approximate surface area is 195 Å². The number of hydrogen-bond acceptors (Lipinski definition) is 3. The summed E-state index contributed by atoms with van der Waals surface area (Å²) in [6.45, 7) is 9.15. The Morgan fingerprint density at radius 2 is 1.77 bits per heavy atom. The van der Waals surface area contributed by atoms with Crippen LogP contribution >= 0.6 is 23.4 Å². The highest BCUT2D eigenvalue weighted by molar-refractivity contribution is 7.99. The van der Waals surface area contributed by atoms with Crippen molar-refractivity contribution >= 4 is 35.2 Å². The lowest BCUT2D eigenvalue weighted by Gasteiger charge is -2.31. The Morgan fingerprint density at radius 3 is 2.39 bits per heavy atom. The molecule has 6 heteroatoms. The number of benzene rings is 2. The number of halogens is 1. The van der Waals surface area contributed by atoms with Gasteiger partial charge >= 0.3 is 0 Å². The quantitative estimate of drug-likeness (QED) is 0.484. The summed E-state index contributed by atoms with van der Waals surface area (Å²) in [6.07, 6.45) is 0.573. The van der Waals surface area contributed by atoms with E-state index in [2.05, 4.69) is 19.2 Å². The van der Waals surface area contributed by atoms with E-state index in [4.69, 9.17) is 11.6 Å². The van der Waals surface area contributed by atoms with Crippen LogP contribution in [0.3, 0.4) is 0 Å². The SMILES string of the molecule is CCC(C(=O)NCC(C)C)N(Cc1ccccc1C)C(=O)CSCc1ccc(Cl)cc1. The molecule has 4 nitrogen and oxygen atoms in total. The minimum Gasteiger partial charge on any atom is -0.354 e. The van der Waals surface area contributed by atoms with Gasteiger partial charge in [-0.15, -0.1) is 11.8 Å². The molecule has 31 heavy (non-hydrogen) atoms. The van der Waals surface area contributed by atoms with E-state index >= 15 is 0 Å². The summed E-state index contributed by atoms with van der Waals surface area (Å²) in [6, 6.07) is 15.2. The molecule has 0 saturated heterocycles. The van der Waals surface area contributed by atoms with Crippen LogP contribution in [0, 0.1) is 12.8 Å². The number of nitrogens with zero attached hydrogens (tertiary/aromatic N) is 1. The monoisotopic (exact) mass is 460 g/mol. The molecule has 0 aromatic heterocycles. The third-order valence-corrected chi connectivity index (χ3v) is 6.32. The summed E-state index contributed by atoms with van der Waals surface area (Å²) in [4.78, 5) is 27.9. The molecule has 0 heterocycles. The molecule has 2 rings (SSSR count). The van der Waals surface area contributed by atoms with Gasteiger partial charge in [0.15, 0.2) is 0 Å². The molecule has 2 amide bonds. The maximum atomic E-state index is 13.3. The average molecular weight is 461 g/mol. The van der Waals surface area contributed by atoms with Crippen LogP contribution in [0.25, 0.3) is 0 Å². The van der Waals surface area contributed by atoms with Gasteiger partial charge in [-0.1, -0.05) is 68.8 Å². The third kappa shape index (κ3) is 8.23. The van der Waals surface area contributed by atoms with Crippen molar-refractivity contribution < 1.29 is 9.59 Å². The second-order valence-electron chi connectivity index (χ2n) is 8.13. The van der Waals surface area contributed by atoms with Crippen LogP contribution in [0.1, 0.15) is 43.9 Å². The fourth-order valence-corrected chi connectivity index (χ4v) is 4.23. The summed E-state index contributed by atoms with van der Waals surface area (Å²) in [5.41, 5.74) is 3.30. The Morgan fingerprint density at radius 1 is 1.10 bits per heavy atom. The van der Waals surface area contributed by atoms with E-state index in [1.807, 2.05) is 62.4 Å². The maximum absolute atomic E-state index is 13.3. The molecule has 0 aliphatic heterocycles. The van der Waals surface area contributed by atoms with Crippen molar-refractivity contribution in [1.82, 2.24) is 10.2 Å². The van der Waals surface area contributed by atoms with Crippen molar-refractivity contribution in [2.45, 2.75) is 52.5 Å². The molecular weight excluding hydrogens is 428 g/mol. The van der Waals surface area contributed by atoms with Crippen LogP contribution in [-0.4, -0.2) is 35.1 Å². The smallest absolute Gasteiger partial charge is 0.242 e. The van der Waals surface area contributed by atoms with Gasteiger partial charge in [-0.3, -0.25) is 9.59 Å². The third-order valence-electron chi connectivity index (χ3n) is 5.08. The van der Waals surface area contributed by atoms with Crippen LogP contribution in [0.15, 0.2) is 48.5 Å². The zero-order chi connectivity index (χ0) is 22.8. The fourth-order valence-electron chi connectivity index (χ4n) is 3.23. The van der Waals surface area contributed by atoms with Gasteiger partial charge in [0.1, 0.15) is 6.04 Å². The lowest BCUT2D eigenvalue weighted by molar-refractivity contribution is -0.139. The van der Waals surface area contributed by atoms with E-state index in [0.29, 0.717) is 36.2 Å². The zero-order valence-corrected chi connectivity index (χ0v) is 20.4. The maximum Gasteiger partial charge on any atom is 0.242 e. The largest absolute Gasteiger partial charge is 0.354 e. The van der Waals surface area contributed by atoms with Crippen molar-refractivity contribution in [1.29, 1.82) is 0 Å². The van der Waals surface area contributed by atoms with Crippen LogP contribution < -0.4 is 5.32 Å². The van der Waals surface area contributed by atoms with Gasteiger partial charge in [-0.05, 0) is 48.1 Å². The molecule has 0 aliphatic rings. The van der Waals surface area contributed by atoms with Crippen molar-refractivity contribution in [3.63, 3.8) is 0 Å². The molecule has 0 spiro atoms. The molecule has 2 aromatic rings.